The van der Waals surface area contributed by atoms with Gasteiger partial charge < -0.3 is 4.74 Å². The predicted octanol–water partition coefficient (Wildman–Crippen LogP) is 0.259. The van der Waals surface area contributed by atoms with Gasteiger partial charge in [0.2, 0.25) is 6.08 Å². The third kappa shape index (κ3) is 2.75. The smallest absolute Gasteiger partial charge is 0.332 e. The Bertz CT molecular complexity index is 164. The van der Waals surface area contributed by atoms with Crippen LogP contribution in [0.5, 0.6) is 0 Å². The minimum absolute atomic E-state index is 0.273. The van der Waals surface area contributed by atoms with E-state index in [9.17, 15) is 9.59 Å². The number of hydrogen-bond acceptors (Lipinski definition) is 4. The summed E-state index contributed by atoms with van der Waals surface area (Å²) >= 11 is 2.98. The Morgan fingerprint density at radius 1 is 1.90 bits per heavy atom. The van der Waals surface area contributed by atoms with Gasteiger partial charge in [-0.15, -0.1) is 0 Å². The van der Waals surface area contributed by atoms with Crippen molar-refractivity contribution < 1.29 is 14.3 Å². The van der Waals surface area contributed by atoms with Gasteiger partial charge in [0, 0.05) is 5.33 Å². The molecule has 10 heavy (non-hydrogen) atoms. The van der Waals surface area contributed by atoms with Crippen molar-refractivity contribution >= 4 is 28.0 Å². The van der Waals surface area contributed by atoms with E-state index < -0.39 is 12.0 Å². The zero-order valence-corrected chi connectivity index (χ0v) is 6.92. The maximum absolute atomic E-state index is 10.6. The van der Waals surface area contributed by atoms with Crippen molar-refractivity contribution in [2.45, 2.75) is 6.04 Å². The van der Waals surface area contributed by atoms with Crippen molar-refractivity contribution in [1.29, 1.82) is 0 Å². The Labute approximate surface area is 66.4 Å². The van der Waals surface area contributed by atoms with Gasteiger partial charge in [0.05, 0.1) is 7.11 Å². The zero-order valence-electron chi connectivity index (χ0n) is 5.33. The zero-order chi connectivity index (χ0) is 7.98. The number of carbonyl (C=O) groups excluding carboxylic acids is 2. The van der Waals surface area contributed by atoms with Gasteiger partial charge >= 0.3 is 5.97 Å². The summed E-state index contributed by atoms with van der Waals surface area (Å²) in [4.78, 5) is 23.5. The summed E-state index contributed by atoms with van der Waals surface area (Å²) in [5, 5.41) is 0.273. The fourth-order valence-corrected chi connectivity index (χ4v) is 0.759. The van der Waals surface area contributed by atoms with Crippen LogP contribution in [0.4, 0.5) is 0 Å². The SMILES string of the molecule is COC(=O)C(CBr)N=C=O. The third-order valence-corrected chi connectivity index (χ3v) is 1.44. The van der Waals surface area contributed by atoms with Crippen LogP contribution in [0.2, 0.25) is 0 Å². The Morgan fingerprint density at radius 2 is 2.50 bits per heavy atom. The fraction of sp³-hybridized carbons (Fsp3) is 0.600. The van der Waals surface area contributed by atoms with E-state index >= 15 is 0 Å². The monoisotopic (exact) mass is 207 g/mol. The van der Waals surface area contributed by atoms with Crippen LogP contribution < -0.4 is 0 Å². The summed E-state index contributed by atoms with van der Waals surface area (Å²) in [6.07, 6.45) is 1.28. The molecule has 0 aliphatic carbocycles. The van der Waals surface area contributed by atoms with Crippen molar-refractivity contribution in [3.8, 4) is 0 Å². The maximum atomic E-state index is 10.6. The van der Waals surface area contributed by atoms with E-state index in [0.717, 1.165) is 0 Å². The molecule has 0 aliphatic rings. The molecular formula is C5H6BrNO3. The molecule has 0 spiro atoms. The van der Waals surface area contributed by atoms with E-state index in [1.807, 2.05) is 0 Å². The highest BCUT2D eigenvalue weighted by Gasteiger charge is 2.15. The quantitative estimate of drug-likeness (QED) is 0.289. The van der Waals surface area contributed by atoms with Crippen molar-refractivity contribution in [3.63, 3.8) is 0 Å². The Hall–Kier alpha value is -0.670. The van der Waals surface area contributed by atoms with Crippen LogP contribution in [-0.4, -0.2) is 30.5 Å². The van der Waals surface area contributed by atoms with Gasteiger partial charge in [0.1, 0.15) is 0 Å². The molecule has 0 bridgehead atoms. The van der Waals surface area contributed by atoms with Crippen LogP contribution in [0.1, 0.15) is 0 Å². The van der Waals surface area contributed by atoms with Gasteiger partial charge in [-0.3, -0.25) is 0 Å². The third-order valence-electron chi connectivity index (χ3n) is 0.828. The first-order chi connectivity index (χ1) is 4.76. The molecule has 1 atom stereocenters. The average Bonchev–Trinajstić information content (AvgIpc) is 1.99. The summed E-state index contributed by atoms with van der Waals surface area (Å²) in [7, 11) is 1.23. The number of carbonyl (C=O) groups is 1. The highest BCUT2D eigenvalue weighted by atomic mass is 79.9. The Kier molecular flexibility index (Phi) is 4.80. The van der Waals surface area contributed by atoms with Crippen LogP contribution >= 0.6 is 15.9 Å². The lowest BCUT2D eigenvalue weighted by atomic mass is 10.4. The van der Waals surface area contributed by atoms with E-state index in [-0.39, 0.29) is 5.33 Å². The number of hydrogen-bond donors (Lipinski definition) is 0. The van der Waals surface area contributed by atoms with Crippen LogP contribution in [0.15, 0.2) is 4.99 Å². The van der Waals surface area contributed by atoms with Gasteiger partial charge in [-0.25, -0.2) is 9.59 Å². The van der Waals surface area contributed by atoms with Crippen LogP contribution in [0.3, 0.4) is 0 Å². The molecule has 0 saturated carbocycles. The minimum atomic E-state index is -0.762. The second kappa shape index (κ2) is 5.14. The number of isocyanates is 1. The normalized spacial score (nSPS) is 11.4. The molecule has 0 aromatic rings. The summed E-state index contributed by atoms with van der Waals surface area (Å²) in [6.45, 7) is 0. The number of esters is 1. The van der Waals surface area contributed by atoms with Crippen LogP contribution in [-0.2, 0) is 14.3 Å². The molecule has 0 aliphatic heterocycles. The van der Waals surface area contributed by atoms with E-state index in [4.69, 9.17) is 0 Å². The van der Waals surface area contributed by atoms with Gasteiger partial charge in [-0.05, 0) is 0 Å². The molecule has 0 fully saturated rings. The number of halogens is 1. The molecule has 0 rings (SSSR count). The van der Waals surface area contributed by atoms with Crippen molar-refractivity contribution in [2.24, 2.45) is 4.99 Å². The summed E-state index contributed by atoms with van der Waals surface area (Å²) in [6, 6.07) is -0.762. The van der Waals surface area contributed by atoms with Gasteiger partial charge in [-0.2, -0.15) is 4.99 Å². The second-order valence-corrected chi connectivity index (χ2v) is 2.06. The number of aliphatic imine (C=N–C) groups is 1. The van der Waals surface area contributed by atoms with Crippen LogP contribution in [0.25, 0.3) is 0 Å². The standard InChI is InChI=1S/C5H6BrNO3/c1-10-5(9)4(2-6)7-3-8/h4H,2H2,1H3. The van der Waals surface area contributed by atoms with Crippen molar-refractivity contribution in [2.75, 3.05) is 12.4 Å². The fourth-order valence-electron chi connectivity index (χ4n) is 0.350. The molecule has 5 heteroatoms. The van der Waals surface area contributed by atoms with Crippen molar-refractivity contribution in [1.82, 2.24) is 0 Å². The Morgan fingerprint density at radius 3 is 2.80 bits per heavy atom. The first-order valence-electron chi connectivity index (χ1n) is 2.47. The molecule has 0 heterocycles. The predicted molar refractivity (Wildman–Crippen MR) is 37.7 cm³/mol. The van der Waals surface area contributed by atoms with Gasteiger partial charge in [-0.1, -0.05) is 15.9 Å². The molecule has 1 unspecified atom stereocenters. The van der Waals surface area contributed by atoms with E-state index in [2.05, 4.69) is 25.7 Å². The Balaban J connectivity index is 4.05. The average molecular weight is 208 g/mol. The van der Waals surface area contributed by atoms with Gasteiger partial charge in [0.15, 0.2) is 6.04 Å². The summed E-state index contributed by atoms with van der Waals surface area (Å²) in [5.41, 5.74) is 0. The van der Waals surface area contributed by atoms with E-state index in [0.29, 0.717) is 0 Å². The van der Waals surface area contributed by atoms with Crippen molar-refractivity contribution in [3.05, 3.63) is 0 Å². The lowest BCUT2D eigenvalue weighted by molar-refractivity contribution is -0.141. The number of nitrogens with zero attached hydrogens (tertiary/aromatic N) is 1. The molecule has 0 N–H and O–H groups in total. The summed E-state index contributed by atoms with van der Waals surface area (Å²) < 4.78 is 4.31. The first kappa shape index (κ1) is 9.33. The molecule has 0 amide bonds. The largest absolute Gasteiger partial charge is 0.467 e. The second-order valence-electron chi connectivity index (χ2n) is 1.41. The lowest BCUT2D eigenvalue weighted by Gasteiger charge is -2.01. The number of rotatable bonds is 3. The first-order valence-corrected chi connectivity index (χ1v) is 3.59. The molecule has 0 aromatic heterocycles. The topological polar surface area (TPSA) is 55.7 Å². The minimum Gasteiger partial charge on any atom is -0.467 e. The number of ether oxygens (including phenoxy) is 1. The molecule has 0 radical (unpaired) electrons. The molecule has 0 aromatic carbocycles. The number of methoxy groups -OCH3 is 1. The van der Waals surface area contributed by atoms with E-state index in [1.165, 1.54) is 13.2 Å². The maximum Gasteiger partial charge on any atom is 0.332 e. The number of alkyl halides is 1. The molecular weight excluding hydrogens is 202 g/mol. The van der Waals surface area contributed by atoms with Crippen LogP contribution in [0, 0.1) is 0 Å². The molecule has 0 saturated heterocycles. The lowest BCUT2D eigenvalue weighted by Crippen LogP contribution is -2.21. The van der Waals surface area contributed by atoms with E-state index in [1.54, 1.807) is 0 Å². The summed E-state index contributed by atoms with van der Waals surface area (Å²) in [5.74, 6) is -0.541. The molecule has 56 valence electrons. The molecule has 4 nitrogen and oxygen atoms in total. The highest BCUT2D eigenvalue weighted by Crippen LogP contribution is 1.97. The van der Waals surface area contributed by atoms with Gasteiger partial charge in [0.25, 0.3) is 0 Å². The highest BCUT2D eigenvalue weighted by molar-refractivity contribution is 9.09.